The van der Waals surface area contributed by atoms with E-state index in [-0.39, 0.29) is 17.6 Å². The molecule has 4 rings (SSSR count). The first kappa shape index (κ1) is 21.5. The van der Waals surface area contributed by atoms with Gasteiger partial charge in [0.2, 0.25) is 0 Å². The van der Waals surface area contributed by atoms with E-state index >= 15 is 0 Å². The average Bonchev–Trinajstić information content (AvgIpc) is 3.31. The third-order valence-corrected chi connectivity index (χ3v) is 7.01. The highest BCUT2D eigenvalue weighted by molar-refractivity contribution is 7.90. The molecule has 1 saturated heterocycles. The zero-order valence-electron chi connectivity index (χ0n) is 17.5. The number of aliphatic imine (C=N–C) groups is 1. The molecule has 0 bridgehead atoms. The molecule has 0 spiro atoms. The quantitative estimate of drug-likeness (QED) is 0.500. The summed E-state index contributed by atoms with van der Waals surface area (Å²) < 4.78 is 37.0. The predicted molar refractivity (Wildman–Crippen MR) is 123 cm³/mol. The van der Waals surface area contributed by atoms with Gasteiger partial charge in [0.05, 0.1) is 36.3 Å². The minimum absolute atomic E-state index is 0.0584. The third kappa shape index (κ3) is 5.68. The molecule has 2 atom stereocenters. The number of hydrogen-bond donors (Lipinski definition) is 0. The first-order valence-corrected chi connectivity index (χ1v) is 12.2. The van der Waals surface area contributed by atoms with Crippen molar-refractivity contribution in [2.75, 3.05) is 19.5 Å². The van der Waals surface area contributed by atoms with Gasteiger partial charge in [-0.05, 0) is 60.4 Å². The zero-order chi connectivity index (χ0) is 21.7. The number of methoxy groups -OCH3 is 1. The standard InChI is InChI=1S/C24H26N2O4S/c1-29-21-10-8-18(9-11-21)14-26-23(24-7-4-12-30-24)17-31(27,28)16-19-13-20-5-2-3-6-22(20)25-15-19/h2-3,5-6,8-11,13-15,23-24H,4,7,12,16-17H2,1H3. The lowest BCUT2D eigenvalue weighted by atomic mass is 10.1. The number of pyridine rings is 1. The van der Waals surface area contributed by atoms with E-state index in [1.54, 1.807) is 19.5 Å². The van der Waals surface area contributed by atoms with Gasteiger partial charge in [-0.15, -0.1) is 0 Å². The van der Waals surface area contributed by atoms with E-state index in [4.69, 9.17) is 9.47 Å². The molecule has 6 nitrogen and oxygen atoms in total. The average molecular weight is 439 g/mol. The van der Waals surface area contributed by atoms with Crippen LogP contribution in [0.25, 0.3) is 10.9 Å². The van der Waals surface area contributed by atoms with Crippen molar-refractivity contribution in [3.63, 3.8) is 0 Å². The summed E-state index contributed by atoms with van der Waals surface area (Å²) in [4.78, 5) is 9.01. The summed E-state index contributed by atoms with van der Waals surface area (Å²) in [6.45, 7) is 0.647. The number of ether oxygens (including phenoxy) is 2. The molecule has 3 aromatic rings. The maximum atomic E-state index is 13.0. The minimum Gasteiger partial charge on any atom is -0.497 e. The van der Waals surface area contributed by atoms with E-state index in [0.717, 1.165) is 35.1 Å². The van der Waals surface area contributed by atoms with E-state index in [0.29, 0.717) is 12.2 Å². The van der Waals surface area contributed by atoms with E-state index in [1.165, 1.54) is 0 Å². The van der Waals surface area contributed by atoms with Crippen LogP contribution in [0.2, 0.25) is 0 Å². The first-order chi connectivity index (χ1) is 15.0. The Labute approximate surface area is 182 Å². The topological polar surface area (TPSA) is 77.9 Å². The monoisotopic (exact) mass is 438 g/mol. The van der Waals surface area contributed by atoms with Crippen LogP contribution in [-0.4, -0.2) is 51.2 Å². The molecular weight excluding hydrogens is 412 g/mol. The first-order valence-electron chi connectivity index (χ1n) is 10.4. The largest absolute Gasteiger partial charge is 0.497 e. The van der Waals surface area contributed by atoms with Gasteiger partial charge in [-0.25, -0.2) is 8.42 Å². The Balaban J connectivity index is 1.51. The molecule has 2 unspecified atom stereocenters. The Kier molecular flexibility index (Phi) is 6.63. The fourth-order valence-corrected chi connectivity index (χ4v) is 5.40. The van der Waals surface area contributed by atoms with Crippen LogP contribution in [0.4, 0.5) is 0 Å². The van der Waals surface area contributed by atoms with Crippen molar-refractivity contribution >= 4 is 27.0 Å². The van der Waals surface area contributed by atoms with Crippen LogP contribution < -0.4 is 4.74 Å². The Morgan fingerprint density at radius 2 is 2.03 bits per heavy atom. The van der Waals surface area contributed by atoms with Crippen molar-refractivity contribution in [3.05, 3.63) is 71.9 Å². The second-order valence-corrected chi connectivity index (χ2v) is 9.87. The van der Waals surface area contributed by atoms with E-state index in [1.807, 2.05) is 54.6 Å². The summed E-state index contributed by atoms with van der Waals surface area (Å²) in [6.07, 6.45) is 4.92. The van der Waals surface area contributed by atoms with Crippen LogP contribution in [0.5, 0.6) is 5.75 Å². The normalized spacial score (nSPS) is 17.9. The molecule has 0 N–H and O–H groups in total. The summed E-state index contributed by atoms with van der Waals surface area (Å²) in [5, 5.41) is 0.934. The lowest BCUT2D eigenvalue weighted by molar-refractivity contribution is 0.0961. The second-order valence-electron chi connectivity index (χ2n) is 7.76. The molecule has 31 heavy (non-hydrogen) atoms. The van der Waals surface area contributed by atoms with Gasteiger partial charge in [0.1, 0.15) is 5.75 Å². The molecule has 162 valence electrons. The van der Waals surface area contributed by atoms with Gasteiger partial charge in [-0.1, -0.05) is 18.2 Å². The molecule has 1 aliphatic heterocycles. The van der Waals surface area contributed by atoms with Crippen molar-refractivity contribution in [1.82, 2.24) is 4.98 Å². The third-order valence-electron chi connectivity index (χ3n) is 5.38. The van der Waals surface area contributed by atoms with E-state index in [9.17, 15) is 8.42 Å². The molecule has 2 aromatic carbocycles. The summed E-state index contributed by atoms with van der Waals surface area (Å²) in [6, 6.07) is 16.6. The smallest absolute Gasteiger partial charge is 0.156 e. The summed E-state index contributed by atoms with van der Waals surface area (Å²) in [7, 11) is -1.79. The van der Waals surface area contributed by atoms with Gasteiger partial charge in [0, 0.05) is 24.4 Å². The molecule has 0 saturated carbocycles. The van der Waals surface area contributed by atoms with Crippen molar-refractivity contribution in [3.8, 4) is 5.75 Å². The minimum atomic E-state index is -3.41. The van der Waals surface area contributed by atoms with Gasteiger partial charge in [-0.2, -0.15) is 0 Å². The highest BCUT2D eigenvalue weighted by Crippen LogP contribution is 2.22. The van der Waals surface area contributed by atoms with Crippen LogP contribution in [0.1, 0.15) is 24.0 Å². The van der Waals surface area contributed by atoms with Gasteiger partial charge in [0.15, 0.2) is 9.84 Å². The second kappa shape index (κ2) is 9.58. The van der Waals surface area contributed by atoms with Crippen molar-refractivity contribution in [1.29, 1.82) is 0 Å². The summed E-state index contributed by atoms with van der Waals surface area (Å²) in [5.74, 6) is 0.642. The maximum absolute atomic E-state index is 13.0. The van der Waals surface area contributed by atoms with Gasteiger partial charge < -0.3 is 9.47 Å². The molecule has 0 radical (unpaired) electrons. The Morgan fingerprint density at radius 3 is 2.77 bits per heavy atom. The summed E-state index contributed by atoms with van der Waals surface area (Å²) in [5.41, 5.74) is 2.42. The van der Waals surface area contributed by atoms with Crippen LogP contribution in [0.3, 0.4) is 0 Å². The molecule has 1 aliphatic rings. The van der Waals surface area contributed by atoms with Crippen molar-refractivity contribution in [2.45, 2.75) is 30.7 Å². The fourth-order valence-electron chi connectivity index (χ4n) is 3.79. The Morgan fingerprint density at radius 1 is 1.23 bits per heavy atom. The number of para-hydroxylation sites is 1. The van der Waals surface area contributed by atoms with Gasteiger partial charge >= 0.3 is 0 Å². The molecule has 2 heterocycles. The van der Waals surface area contributed by atoms with Crippen LogP contribution in [0.15, 0.2) is 65.8 Å². The lowest BCUT2D eigenvalue weighted by Gasteiger charge is -2.19. The van der Waals surface area contributed by atoms with E-state index < -0.39 is 15.9 Å². The predicted octanol–water partition coefficient (Wildman–Crippen LogP) is 3.82. The number of rotatable bonds is 8. The van der Waals surface area contributed by atoms with Gasteiger partial charge in [0.25, 0.3) is 0 Å². The number of fused-ring (bicyclic) bond motifs is 1. The summed E-state index contributed by atoms with van der Waals surface area (Å²) >= 11 is 0. The Hall–Kier alpha value is -2.77. The fraction of sp³-hybridized carbons (Fsp3) is 0.333. The van der Waals surface area contributed by atoms with Crippen molar-refractivity contribution < 1.29 is 17.9 Å². The number of nitrogens with zero attached hydrogens (tertiary/aromatic N) is 2. The zero-order valence-corrected chi connectivity index (χ0v) is 18.3. The number of aromatic nitrogens is 1. The number of benzene rings is 2. The van der Waals surface area contributed by atoms with Crippen LogP contribution >= 0.6 is 0 Å². The lowest BCUT2D eigenvalue weighted by Crippen LogP contribution is -2.32. The van der Waals surface area contributed by atoms with Gasteiger partial charge in [-0.3, -0.25) is 9.98 Å². The number of hydrogen-bond acceptors (Lipinski definition) is 6. The molecule has 1 aromatic heterocycles. The van der Waals surface area contributed by atoms with Crippen LogP contribution in [0, 0.1) is 0 Å². The molecular formula is C24H26N2O4S. The Bertz CT molecular complexity index is 1150. The molecule has 1 fully saturated rings. The van der Waals surface area contributed by atoms with Crippen molar-refractivity contribution in [2.24, 2.45) is 4.99 Å². The molecule has 7 heteroatoms. The highest BCUT2D eigenvalue weighted by Gasteiger charge is 2.30. The SMILES string of the molecule is COc1ccc(C=NC(CS(=O)(=O)Cc2cnc3ccccc3c2)C2CCCO2)cc1. The molecule has 0 amide bonds. The molecule has 0 aliphatic carbocycles. The highest BCUT2D eigenvalue weighted by atomic mass is 32.2. The van der Waals surface area contributed by atoms with Crippen LogP contribution in [-0.2, 0) is 20.3 Å². The van der Waals surface area contributed by atoms with E-state index in [2.05, 4.69) is 9.98 Å². The maximum Gasteiger partial charge on any atom is 0.156 e. The number of sulfone groups is 1.